The molecule has 1 aliphatic rings. The van der Waals surface area contributed by atoms with Gasteiger partial charge in [-0.25, -0.2) is 9.37 Å². The molecule has 2 aromatic carbocycles. The number of halogens is 1. The van der Waals surface area contributed by atoms with Gasteiger partial charge in [-0.15, -0.1) is 0 Å². The second-order valence-electron chi connectivity index (χ2n) is 5.56. The van der Waals surface area contributed by atoms with Gasteiger partial charge in [0, 0.05) is 11.8 Å². The normalized spacial score (nSPS) is 11.9. The van der Waals surface area contributed by atoms with E-state index < -0.39 is 11.7 Å². The van der Waals surface area contributed by atoms with Crippen LogP contribution in [0.1, 0.15) is 10.5 Å². The number of nitrogens with one attached hydrogen (secondary N) is 2. The van der Waals surface area contributed by atoms with Crippen LogP contribution in [0, 0.1) is 5.82 Å². The van der Waals surface area contributed by atoms with E-state index in [1.165, 1.54) is 18.3 Å². The first-order valence-corrected chi connectivity index (χ1v) is 7.88. The number of rotatable bonds is 4. The van der Waals surface area contributed by atoms with Crippen molar-refractivity contribution in [3.8, 4) is 11.5 Å². The summed E-state index contributed by atoms with van der Waals surface area (Å²) < 4.78 is 24.2. The van der Waals surface area contributed by atoms with Gasteiger partial charge >= 0.3 is 0 Å². The predicted molar refractivity (Wildman–Crippen MR) is 94.4 cm³/mol. The predicted octanol–water partition coefficient (Wildman–Crippen LogP) is 3.95. The van der Waals surface area contributed by atoms with Gasteiger partial charge in [0.15, 0.2) is 11.5 Å². The van der Waals surface area contributed by atoms with E-state index in [1.54, 1.807) is 24.3 Å². The molecule has 4 rings (SSSR count). The Morgan fingerprint density at radius 1 is 1.00 bits per heavy atom. The van der Waals surface area contributed by atoms with Gasteiger partial charge < -0.3 is 20.1 Å². The third-order valence-electron chi connectivity index (χ3n) is 3.78. The second-order valence-corrected chi connectivity index (χ2v) is 5.56. The number of hydrogen-bond acceptors (Lipinski definition) is 5. The minimum atomic E-state index is -0.498. The summed E-state index contributed by atoms with van der Waals surface area (Å²) in [6.45, 7) is 0.214. The maximum absolute atomic E-state index is 13.6. The first-order valence-electron chi connectivity index (χ1n) is 7.88. The Labute approximate surface area is 148 Å². The molecule has 26 heavy (non-hydrogen) atoms. The molecular weight excluding hydrogens is 337 g/mol. The van der Waals surface area contributed by atoms with Crippen LogP contribution in [-0.2, 0) is 0 Å². The van der Waals surface area contributed by atoms with Crippen molar-refractivity contribution in [1.82, 2.24) is 4.98 Å². The molecule has 0 atom stereocenters. The number of nitrogens with zero attached hydrogens (tertiary/aromatic N) is 1. The number of fused-ring (bicyclic) bond motifs is 1. The van der Waals surface area contributed by atoms with Gasteiger partial charge in [-0.3, -0.25) is 4.79 Å². The number of amides is 1. The first kappa shape index (κ1) is 15.9. The van der Waals surface area contributed by atoms with Gasteiger partial charge in [-0.1, -0.05) is 12.1 Å². The van der Waals surface area contributed by atoms with E-state index in [2.05, 4.69) is 15.6 Å². The lowest BCUT2D eigenvalue weighted by atomic mass is 10.2. The molecule has 130 valence electrons. The highest BCUT2D eigenvalue weighted by Gasteiger charge is 2.14. The highest BCUT2D eigenvalue weighted by Crippen LogP contribution is 2.35. The summed E-state index contributed by atoms with van der Waals surface area (Å²) in [7, 11) is 0. The molecule has 0 bridgehead atoms. The molecule has 6 nitrogen and oxygen atoms in total. The molecule has 0 spiro atoms. The Hall–Kier alpha value is -3.61. The topological polar surface area (TPSA) is 72.5 Å². The maximum Gasteiger partial charge on any atom is 0.274 e. The molecule has 1 aromatic heterocycles. The molecular formula is C19H14FN3O3. The first-order chi connectivity index (χ1) is 12.7. The van der Waals surface area contributed by atoms with Crippen molar-refractivity contribution in [1.29, 1.82) is 0 Å². The molecule has 3 aromatic rings. The molecule has 1 aliphatic heterocycles. The summed E-state index contributed by atoms with van der Waals surface area (Å²) in [4.78, 5) is 16.3. The standard InChI is InChI=1S/C19H14FN3O3/c20-14-3-1-2-4-15(14)23-19(24)16-7-5-13(10-21-16)22-12-6-8-17-18(9-12)26-11-25-17/h1-10,22H,11H2,(H,23,24). The SMILES string of the molecule is O=C(Nc1ccccc1F)c1ccc(Nc2ccc3c(c2)OCO3)cn1. The molecule has 0 radical (unpaired) electrons. The number of para-hydroxylation sites is 1. The van der Waals surface area contributed by atoms with Crippen molar-refractivity contribution < 1.29 is 18.7 Å². The number of aromatic nitrogens is 1. The van der Waals surface area contributed by atoms with Crippen LogP contribution >= 0.6 is 0 Å². The molecule has 0 fully saturated rings. The van der Waals surface area contributed by atoms with E-state index in [0.717, 1.165) is 5.69 Å². The van der Waals surface area contributed by atoms with E-state index in [1.807, 2.05) is 18.2 Å². The summed E-state index contributed by atoms with van der Waals surface area (Å²) >= 11 is 0. The lowest BCUT2D eigenvalue weighted by molar-refractivity contribution is 0.102. The average Bonchev–Trinajstić information content (AvgIpc) is 3.12. The van der Waals surface area contributed by atoms with Gasteiger partial charge in [0.05, 0.1) is 17.6 Å². The van der Waals surface area contributed by atoms with Crippen molar-refractivity contribution in [3.05, 3.63) is 72.3 Å². The summed E-state index contributed by atoms with van der Waals surface area (Å²) in [5.41, 5.74) is 1.80. The fraction of sp³-hybridized carbons (Fsp3) is 0.0526. The van der Waals surface area contributed by atoms with Crippen LogP contribution in [0.2, 0.25) is 0 Å². The number of carbonyl (C=O) groups is 1. The van der Waals surface area contributed by atoms with Crippen LogP contribution in [0.25, 0.3) is 0 Å². The number of anilines is 3. The average molecular weight is 351 g/mol. The quantitative estimate of drug-likeness (QED) is 0.745. The number of hydrogen-bond donors (Lipinski definition) is 2. The summed E-state index contributed by atoms with van der Waals surface area (Å²) in [6, 6.07) is 14.7. The Bertz CT molecular complexity index is 960. The lowest BCUT2D eigenvalue weighted by Crippen LogP contribution is -2.14. The summed E-state index contributed by atoms with van der Waals surface area (Å²) in [5.74, 6) is 0.393. The molecule has 0 saturated heterocycles. The van der Waals surface area contributed by atoms with Gasteiger partial charge in [0.1, 0.15) is 11.5 Å². The fourth-order valence-electron chi connectivity index (χ4n) is 2.49. The Kier molecular flexibility index (Phi) is 4.10. The number of pyridine rings is 1. The summed E-state index contributed by atoms with van der Waals surface area (Å²) in [5, 5.41) is 5.67. The molecule has 2 N–H and O–H groups in total. The molecule has 0 aliphatic carbocycles. The molecule has 0 unspecified atom stereocenters. The zero-order valence-electron chi connectivity index (χ0n) is 13.5. The maximum atomic E-state index is 13.6. The van der Waals surface area contributed by atoms with Crippen molar-refractivity contribution in [2.24, 2.45) is 0 Å². The van der Waals surface area contributed by atoms with E-state index >= 15 is 0 Å². The van der Waals surface area contributed by atoms with Gasteiger partial charge in [0.2, 0.25) is 6.79 Å². The Balaban J connectivity index is 1.45. The second kappa shape index (κ2) is 6.72. The lowest BCUT2D eigenvalue weighted by Gasteiger charge is -2.08. The third-order valence-corrected chi connectivity index (χ3v) is 3.78. The largest absolute Gasteiger partial charge is 0.454 e. The molecule has 1 amide bonds. The zero-order valence-corrected chi connectivity index (χ0v) is 13.5. The monoisotopic (exact) mass is 351 g/mol. The van der Waals surface area contributed by atoms with Gasteiger partial charge in [0.25, 0.3) is 5.91 Å². The van der Waals surface area contributed by atoms with Crippen LogP contribution in [-0.4, -0.2) is 17.7 Å². The van der Waals surface area contributed by atoms with Crippen molar-refractivity contribution >= 4 is 23.0 Å². The van der Waals surface area contributed by atoms with Crippen LogP contribution in [0.4, 0.5) is 21.5 Å². The van der Waals surface area contributed by atoms with E-state index in [-0.39, 0.29) is 18.2 Å². The Morgan fingerprint density at radius 3 is 2.62 bits per heavy atom. The van der Waals surface area contributed by atoms with Gasteiger partial charge in [-0.05, 0) is 36.4 Å². The van der Waals surface area contributed by atoms with Crippen LogP contribution in [0.5, 0.6) is 11.5 Å². The number of ether oxygens (including phenoxy) is 2. The van der Waals surface area contributed by atoms with Crippen molar-refractivity contribution in [3.63, 3.8) is 0 Å². The van der Waals surface area contributed by atoms with E-state index in [0.29, 0.717) is 17.2 Å². The van der Waals surface area contributed by atoms with Crippen molar-refractivity contribution in [2.45, 2.75) is 0 Å². The third kappa shape index (κ3) is 3.27. The van der Waals surface area contributed by atoms with E-state index in [9.17, 15) is 9.18 Å². The van der Waals surface area contributed by atoms with Crippen LogP contribution in [0.3, 0.4) is 0 Å². The summed E-state index contributed by atoms with van der Waals surface area (Å²) in [6.07, 6.45) is 1.53. The van der Waals surface area contributed by atoms with Gasteiger partial charge in [-0.2, -0.15) is 0 Å². The Morgan fingerprint density at radius 2 is 1.81 bits per heavy atom. The van der Waals surface area contributed by atoms with E-state index in [4.69, 9.17) is 9.47 Å². The molecule has 0 saturated carbocycles. The van der Waals surface area contributed by atoms with Crippen molar-refractivity contribution in [2.75, 3.05) is 17.4 Å². The number of carbonyl (C=O) groups excluding carboxylic acids is 1. The van der Waals surface area contributed by atoms with Crippen LogP contribution < -0.4 is 20.1 Å². The van der Waals surface area contributed by atoms with Crippen LogP contribution in [0.15, 0.2) is 60.8 Å². The zero-order chi connectivity index (χ0) is 17.9. The minimum absolute atomic E-state index is 0.113. The smallest absolute Gasteiger partial charge is 0.274 e. The number of benzene rings is 2. The molecule has 2 heterocycles. The highest BCUT2D eigenvalue weighted by molar-refractivity contribution is 6.03. The fourth-order valence-corrected chi connectivity index (χ4v) is 2.49. The molecule has 7 heteroatoms. The minimum Gasteiger partial charge on any atom is -0.454 e. The highest BCUT2D eigenvalue weighted by atomic mass is 19.1.